The largest absolute Gasteiger partial charge is 0.322 e. The van der Waals surface area contributed by atoms with E-state index in [1.807, 2.05) is 5.18 Å². The summed E-state index contributed by atoms with van der Waals surface area (Å²) in [6.45, 7) is 0. The fraction of sp³-hybridized carbons (Fsp3) is 0.125. The fourth-order valence-corrected chi connectivity index (χ4v) is 0.771. The molecule has 0 heterocycles. The molecule has 1 atom stereocenters. The summed E-state index contributed by atoms with van der Waals surface area (Å²) < 4.78 is 12.3. The summed E-state index contributed by atoms with van der Waals surface area (Å²) in [5, 5.41) is 4.14. The predicted octanol–water partition coefficient (Wildman–Crippen LogP) is 1.69. The summed E-state index contributed by atoms with van der Waals surface area (Å²) >= 11 is 0. The molecule has 5 heteroatoms. The van der Waals surface area contributed by atoms with Gasteiger partial charge in [0.25, 0.3) is 5.91 Å². The topological polar surface area (TPSA) is 58.5 Å². The Kier molecular flexibility index (Phi) is 3.08. The molecule has 0 bridgehead atoms. The summed E-state index contributed by atoms with van der Waals surface area (Å²) in [4.78, 5) is 20.4. The van der Waals surface area contributed by atoms with Crippen LogP contribution in [0, 0.1) is 4.91 Å². The minimum Gasteiger partial charge on any atom is -0.322 e. The highest BCUT2D eigenvalue weighted by Gasteiger charge is 2.16. The second-order valence-corrected chi connectivity index (χ2v) is 2.30. The Morgan fingerprint density at radius 3 is 2.54 bits per heavy atom. The number of halogens is 1. The van der Waals surface area contributed by atoms with Crippen molar-refractivity contribution < 1.29 is 9.18 Å². The Balaban J connectivity index is 2.60. The maximum absolute atomic E-state index is 12.3. The van der Waals surface area contributed by atoms with Gasteiger partial charge in [-0.2, -0.15) is 0 Å². The number of carbonyl (C=O) groups is 1. The maximum atomic E-state index is 12.3. The number of nitrogens with one attached hydrogen (secondary N) is 1. The molecule has 4 nitrogen and oxygen atoms in total. The first-order valence-electron chi connectivity index (χ1n) is 3.56. The number of nitrogens with zero attached hydrogens (tertiary/aromatic N) is 1. The van der Waals surface area contributed by atoms with E-state index >= 15 is 0 Å². The summed E-state index contributed by atoms with van der Waals surface area (Å²) in [5.41, 5.74) is 0.429. The Bertz CT molecular complexity index is 302. The van der Waals surface area contributed by atoms with Crippen LogP contribution in [0.2, 0.25) is 0 Å². The average molecular weight is 182 g/mol. The molecule has 1 aromatic carbocycles. The molecule has 1 rings (SSSR count). The van der Waals surface area contributed by atoms with Crippen molar-refractivity contribution in [3.05, 3.63) is 35.2 Å². The maximum Gasteiger partial charge on any atom is 0.307 e. The van der Waals surface area contributed by atoms with Crippen LogP contribution in [0.1, 0.15) is 0 Å². The van der Waals surface area contributed by atoms with E-state index < -0.39 is 12.2 Å². The average Bonchev–Trinajstić information content (AvgIpc) is 2.18. The van der Waals surface area contributed by atoms with Gasteiger partial charge >= 0.3 is 6.30 Å². The van der Waals surface area contributed by atoms with Crippen molar-refractivity contribution in [2.24, 2.45) is 5.18 Å². The van der Waals surface area contributed by atoms with E-state index in [9.17, 15) is 14.1 Å². The van der Waals surface area contributed by atoms with Crippen molar-refractivity contribution >= 4 is 11.6 Å². The van der Waals surface area contributed by atoms with E-state index in [0.717, 1.165) is 0 Å². The van der Waals surface area contributed by atoms with Crippen LogP contribution >= 0.6 is 0 Å². The van der Waals surface area contributed by atoms with E-state index in [1.54, 1.807) is 30.3 Å². The lowest BCUT2D eigenvalue weighted by molar-refractivity contribution is -0.120. The normalized spacial score (nSPS) is 11.8. The quantitative estimate of drug-likeness (QED) is 0.571. The second-order valence-electron chi connectivity index (χ2n) is 2.30. The van der Waals surface area contributed by atoms with Gasteiger partial charge in [-0.15, -0.1) is 4.91 Å². The molecular weight excluding hydrogens is 175 g/mol. The van der Waals surface area contributed by atoms with Crippen LogP contribution in [0.25, 0.3) is 0 Å². The van der Waals surface area contributed by atoms with Crippen LogP contribution in [0.3, 0.4) is 0 Å². The van der Waals surface area contributed by atoms with E-state index in [2.05, 4.69) is 5.32 Å². The van der Waals surface area contributed by atoms with Crippen LogP contribution in [-0.4, -0.2) is 12.2 Å². The third kappa shape index (κ3) is 2.62. The van der Waals surface area contributed by atoms with E-state index in [-0.39, 0.29) is 0 Å². The number of carbonyl (C=O) groups excluding carboxylic acids is 1. The molecule has 0 aliphatic heterocycles. The Morgan fingerprint density at radius 2 is 2.00 bits per heavy atom. The molecule has 0 aliphatic carbocycles. The van der Waals surface area contributed by atoms with Crippen molar-refractivity contribution in [3.63, 3.8) is 0 Å². The molecule has 68 valence electrons. The molecule has 13 heavy (non-hydrogen) atoms. The lowest BCUT2D eigenvalue weighted by Crippen LogP contribution is -2.21. The zero-order valence-corrected chi connectivity index (χ0v) is 6.61. The molecule has 0 radical (unpaired) electrons. The first-order chi connectivity index (χ1) is 6.24. The number of para-hydroxylation sites is 1. The monoisotopic (exact) mass is 182 g/mol. The van der Waals surface area contributed by atoms with E-state index in [4.69, 9.17) is 0 Å². The SMILES string of the molecule is O=NC(F)C(=O)Nc1ccccc1. The van der Waals surface area contributed by atoms with Crippen molar-refractivity contribution in [1.82, 2.24) is 0 Å². The van der Waals surface area contributed by atoms with Crippen molar-refractivity contribution in [1.29, 1.82) is 0 Å². The van der Waals surface area contributed by atoms with Crippen LogP contribution in [-0.2, 0) is 4.79 Å². The van der Waals surface area contributed by atoms with Gasteiger partial charge in [0.05, 0.1) is 0 Å². The summed E-state index contributed by atoms with van der Waals surface area (Å²) in [7, 11) is 0. The Hall–Kier alpha value is -1.78. The lowest BCUT2D eigenvalue weighted by atomic mass is 10.3. The van der Waals surface area contributed by atoms with Crippen molar-refractivity contribution in [3.8, 4) is 0 Å². The smallest absolute Gasteiger partial charge is 0.307 e. The second kappa shape index (κ2) is 4.30. The number of rotatable bonds is 3. The minimum atomic E-state index is -2.35. The fourth-order valence-electron chi connectivity index (χ4n) is 0.771. The van der Waals surface area contributed by atoms with E-state index in [0.29, 0.717) is 5.69 Å². The van der Waals surface area contributed by atoms with Gasteiger partial charge in [0, 0.05) is 5.69 Å². The molecular formula is C8H7FN2O2. The number of hydrogen-bond donors (Lipinski definition) is 1. The van der Waals surface area contributed by atoms with Crippen LogP contribution in [0.5, 0.6) is 0 Å². The van der Waals surface area contributed by atoms with Crippen LogP contribution in [0.15, 0.2) is 35.5 Å². The first-order valence-corrected chi connectivity index (χ1v) is 3.56. The highest BCUT2D eigenvalue weighted by molar-refractivity contribution is 5.93. The molecule has 1 amide bonds. The highest BCUT2D eigenvalue weighted by atomic mass is 19.1. The molecule has 0 aromatic heterocycles. The molecule has 1 aromatic rings. The van der Waals surface area contributed by atoms with Crippen molar-refractivity contribution in [2.75, 3.05) is 5.32 Å². The van der Waals surface area contributed by atoms with Crippen molar-refractivity contribution in [2.45, 2.75) is 6.30 Å². The standard InChI is InChI=1S/C8H7FN2O2/c9-7(11-13)8(12)10-6-4-2-1-3-5-6/h1-5,7H,(H,10,12). The summed E-state index contributed by atoms with van der Waals surface area (Å²) in [6.07, 6.45) is -2.35. The predicted molar refractivity (Wildman–Crippen MR) is 45.8 cm³/mol. The Labute approximate surface area is 73.7 Å². The van der Waals surface area contributed by atoms with Gasteiger partial charge in [0.2, 0.25) is 0 Å². The van der Waals surface area contributed by atoms with Crippen LogP contribution < -0.4 is 5.32 Å². The summed E-state index contributed by atoms with van der Waals surface area (Å²) in [5.74, 6) is -1.05. The third-order valence-electron chi connectivity index (χ3n) is 1.35. The molecule has 0 aliphatic rings. The highest BCUT2D eigenvalue weighted by Crippen LogP contribution is 2.06. The number of alkyl halides is 1. The van der Waals surface area contributed by atoms with E-state index in [1.165, 1.54) is 0 Å². The zero-order chi connectivity index (χ0) is 9.68. The van der Waals surface area contributed by atoms with Gasteiger partial charge in [0.1, 0.15) is 0 Å². The molecule has 0 saturated heterocycles. The number of amides is 1. The minimum absolute atomic E-state index is 0.429. The number of benzene rings is 1. The van der Waals surface area contributed by atoms with Gasteiger partial charge in [-0.05, 0) is 17.3 Å². The first kappa shape index (κ1) is 9.31. The van der Waals surface area contributed by atoms with Gasteiger partial charge in [0.15, 0.2) is 0 Å². The van der Waals surface area contributed by atoms with Gasteiger partial charge in [-0.3, -0.25) is 4.79 Å². The van der Waals surface area contributed by atoms with Gasteiger partial charge in [-0.1, -0.05) is 18.2 Å². The van der Waals surface area contributed by atoms with Gasteiger partial charge < -0.3 is 5.32 Å². The zero-order valence-electron chi connectivity index (χ0n) is 6.61. The molecule has 0 spiro atoms. The number of anilines is 1. The molecule has 0 fully saturated rings. The molecule has 0 saturated carbocycles. The van der Waals surface area contributed by atoms with Gasteiger partial charge in [-0.25, -0.2) is 4.39 Å². The van der Waals surface area contributed by atoms with Crippen LogP contribution in [0.4, 0.5) is 10.1 Å². The third-order valence-corrected chi connectivity index (χ3v) is 1.35. The molecule has 1 N–H and O–H groups in total. The molecule has 1 unspecified atom stereocenters. The Morgan fingerprint density at radius 1 is 1.38 bits per heavy atom. The summed E-state index contributed by atoms with van der Waals surface area (Å²) in [6, 6.07) is 8.26. The lowest BCUT2D eigenvalue weighted by Gasteiger charge is -2.02. The number of nitroso groups, excluding NO2 is 1. The number of hydrogen-bond acceptors (Lipinski definition) is 3.